The van der Waals surface area contributed by atoms with Crippen molar-refractivity contribution in [2.24, 2.45) is 5.73 Å². The van der Waals surface area contributed by atoms with Crippen LogP contribution in [-0.2, 0) is 6.42 Å². The second-order valence-electron chi connectivity index (χ2n) is 4.03. The fourth-order valence-corrected chi connectivity index (χ4v) is 1.60. The van der Waals surface area contributed by atoms with E-state index in [-0.39, 0.29) is 0 Å². The molecule has 2 heteroatoms. The molecule has 0 fully saturated rings. The van der Waals surface area contributed by atoms with E-state index in [2.05, 4.69) is 42.3 Å². The summed E-state index contributed by atoms with van der Waals surface area (Å²) in [5, 5.41) is 0. The molecule has 0 atom stereocenters. The highest BCUT2D eigenvalue weighted by atomic mass is 15.1. The van der Waals surface area contributed by atoms with Gasteiger partial charge in [-0.2, -0.15) is 0 Å². The Morgan fingerprint density at radius 3 is 2.47 bits per heavy atom. The van der Waals surface area contributed by atoms with Gasteiger partial charge < -0.3 is 10.6 Å². The van der Waals surface area contributed by atoms with Crippen molar-refractivity contribution in [1.82, 2.24) is 4.90 Å². The molecule has 0 aromatic heterocycles. The SMILES string of the molecule is CN(CCCCN)CCc1ccccc1. The van der Waals surface area contributed by atoms with Gasteiger partial charge >= 0.3 is 0 Å². The summed E-state index contributed by atoms with van der Waals surface area (Å²) in [6, 6.07) is 10.6. The Bertz CT molecular complexity index is 246. The van der Waals surface area contributed by atoms with Gasteiger partial charge in [0.2, 0.25) is 0 Å². The molecule has 0 saturated heterocycles. The van der Waals surface area contributed by atoms with E-state index in [1.165, 1.54) is 12.0 Å². The lowest BCUT2D eigenvalue weighted by Gasteiger charge is -2.16. The molecule has 84 valence electrons. The lowest BCUT2D eigenvalue weighted by atomic mass is 10.1. The van der Waals surface area contributed by atoms with E-state index in [0.29, 0.717) is 0 Å². The summed E-state index contributed by atoms with van der Waals surface area (Å²) in [5.41, 5.74) is 6.88. The van der Waals surface area contributed by atoms with Crippen LogP contribution >= 0.6 is 0 Å². The minimum atomic E-state index is 0.812. The first-order valence-corrected chi connectivity index (χ1v) is 5.75. The lowest BCUT2D eigenvalue weighted by Crippen LogP contribution is -2.22. The van der Waals surface area contributed by atoms with Crippen molar-refractivity contribution < 1.29 is 0 Å². The van der Waals surface area contributed by atoms with Crippen LogP contribution in [0.2, 0.25) is 0 Å². The van der Waals surface area contributed by atoms with Gasteiger partial charge in [0.25, 0.3) is 0 Å². The summed E-state index contributed by atoms with van der Waals surface area (Å²) < 4.78 is 0. The van der Waals surface area contributed by atoms with Crippen LogP contribution in [0.15, 0.2) is 30.3 Å². The van der Waals surface area contributed by atoms with Crippen LogP contribution in [0.25, 0.3) is 0 Å². The predicted octanol–water partition coefficient (Wildman–Crippen LogP) is 1.90. The number of rotatable bonds is 7. The van der Waals surface area contributed by atoms with E-state index in [4.69, 9.17) is 5.73 Å². The second-order valence-corrected chi connectivity index (χ2v) is 4.03. The third-order valence-electron chi connectivity index (χ3n) is 2.62. The van der Waals surface area contributed by atoms with Gasteiger partial charge in [0.05, 0.1) is 0 Å². The van der Waals surface area contributed by atoms with Crippen molar-refractivity contribution in [2.75, 3.05) is 26.7 Å². The number of benzene rings is 1. The van der Waals surface area contributed by atoms with Crippen molar-refractivity contribution in [1.29, 1.82) is 0 Å². The molecule has 0 spiro atoms. The van der Waals surface area contributed by atoms with Crippen LogP contribution in [0, 0.1) is 0 Å². The fourth-order valence-electron chi connectivity index (χ4n) is 1.60. The van der Waals surface area contributed by atoms with Gasteiger partial charge in [-0.25, -0.2) is 0 Å². The van der Waals surface area contributed by atoms with Gasteiger partial charge in [-0.3, -0.25) is 0 Å². The quantitative estimate of drug-likeness (QED) is 0.690. The van der Waals surface area contributed by atoms with Crippen molar-refractivity contribution in [3.8, 4) is 0 Å². The fraction of sp³-hybridized carbons (Fsp3) is 0.538. The van der Waals surface area contributed by atoms with E-state index in [1.807, 2.05) is 0 Å². The molecule has 0 heterocycles. The molecule has 1 aromatic rings. The van der Waals surface area contributed by atoms with Crippen LogP contribution < -0.4 is 5.73 Å². The first-order valence-electron chi connectivity index (χ1n) is 5.75. The van der Waals surface area contributed by atoms with Crippen LogP contribution in [0.4, 0.5) is 0 Å². The van der Waals surface area contributed by atoms with Crippen molar-refractivity contribution in [2.45, 2.75) is 19.3 Å². The van der Waals surface area contributed by atoms with E-state index >= 15 is 0 Å². The molecule has 2 nitrogen and oxygen atoms in total. The Hall–Kier alpha value is -0.860. The van der Waals surface area contributed by atoms with Crippen LogP contribution in [-0.4, -0.2) is 31.6 Å². The summed E-state index contributed by atoms with van der Waals surface area (Å²) in [4.78, 5) is 2.38. The van der Waals surface area contributed by atoms with Crippen molar-refractivity contribution in [3.63, 3.8) is 0 Å². The molecule has 0 aliphatic heterocycles. The van der Waals surface area contributed by atoms with Gasteiger partial charge in [0.15, 0.2) is 0 Å². The van der Waals surface area contributed by atoms with E-state index < -0.39 is 0 Å². The minimum Gasteiger partial charge on any atom is -0.330 e. The Kier molecular flexibility index (Phi) is 6.05. The molecular weight excluding hydrogens is 184 g/mol. The maximum atomic E-state index is 5.46. The Balaban J connectivity index is 2.14. The zero-order valence-corrected chi connectivity index (χ0v) is 9.65. The number of hydrogen-bond donors (Lipinski definition) is 1. The predicted molar refractivity (Wildman–Crippen MR) is 65.9 cm³/mol. The number of nitrogens with zero attached hydrogens (tertiary/aromatic N) is 1. The number of nitrogens with two attached hydrogens (primary N) is 1. The van der Waals surface area contributed by atoms with Gasteiger partial charge in [0.1, 0.15) is 0 Å². The number of likely N-dealkylation sites (N-methyl/N-ethyl adjacent to an activating group) is 1. The second kappa shape index (κ2) is 7.43. The van der Waals surface area contributed by atoms with Crippen LogP contribution in [0.5, 0.6) is 0 Å². The molecule has 0 aliphatic rings. The highest BCUT2D eigenvalue weighted by Gasteiger charge is 1.98. The Morgan fingerprint density at radius 2 is 1.80 bits per heavy atom. The molecule has 0 bridgehead atoms. The first kappa shape index (κ1) is 12.2. The van der Waals surface area contributed by atoms with Crippen molar-refractivity contribution in [3.05, 3.63) is 35.9 Å². The van der Waals surface area contributed by atoms with Gasteiger partial charge in [0, 0.05) is 6.54 Å². The molecule has 0 amide bonds. The molecular formula is C13H22N2. The third kappa shape index (κ3) is 5.55. The normalized spacial score (nSPS) is 10.9. The summed E-state index contributed by atoms with van der Waals surface area (Å²) in [7, 11) is 2.18. The van der Waals surface area contributed by atoms with Gasteiger partial charge in [-0.1, -0.05) is 30.3 Å². The van der Waals surface area contributed by atoms with E-state index in [1.54, 1.807) is 0 Å². The zero-order chi connectivity index (χ0) is 10.9. The van der Waals surface area contributed by atoms with Crippen LogP contribution in [0.3, 0.4) is 0 Å². The topological polar surface area (TPSA) is 29.3 Å². The van der Waals surface area contributed by atoms with Crippen molar-refractivity contribution >= 4 is 0 Å². The Labute approximate surface area is 93.1 Å². The minimum absolute atomic E-state index is 0.812. The molecule has 0 saturated carbocycles. The zero-order valence-electron chi connectivity index (χ0n) is 9.65. The molecule has 0 radical (unpaired) electrons. The standard InChI is InChI=1S/C13H22N2/c1-15(11-6-5-10-14)12-9-13-7-3-2-4-8-13/h2-4,7-8H,5-6,9-12,14H2,1H3. The molecule has 15 heavy (non-hydrogen) atoms. The maximum absolute atomic E-state index is 5.46. The smallest absolute Gasteiger partial charge is 0.00188 e. The molecule has 0 aliphatic carbocycles. The van der Waals surface area contributed by atoms with E-state index in [9.17, 15) is 0 Å². The highest BCUT2D eigenvalue weighted by molar-refractivity contribution is 5.14. The first-order chi connectivity index (χ1) is 7.33. The number of unbranched alkanes of at least 4 members (excludes halogenated alkanes) is 1. The molecule has 1 aromatic carbocycles. The summed E-state index contributed by atoms with van der Waals surface area (Å²) >= 11 is 0. The molecule has 2 N–H and O–H groups in total. The molecule has 1 rings (SSSR count). The summed E-state index contributed by atoms with van der Waals surface area (Å²) in [6.07, 6.45) is 3.48. The largest absolute Gasteiger partial charge is 0.330 e. The van der Waals surface area contributed by atoms with E-state index in [0.717, 1.165) is 32.5 Å². The van der Waals surface area contributed by atoms with Gasteiger partial charge in [-0.15, -0.1) is 0 Å². The molecule has 0 unspecified atom stereocenters. The monoisotopic (exact) mass is 206 g/mol. The highest BCUT2D eigenvalue weighted by Crippen LogP contribution is 2.01. The third-order valence-corrected chi connectivity index (χ3v) is 2.62. The average molecular weight is 206 g/mol. The number of hydrogen-bond acceptors (Lipinski definition) is 2. The van der Waals surface area contributed by atoms with Gasteiger partial charge in [-0.05, 0) is 45.0 Å². The summed E-state index contributed by atoms with van der Waals surface area (Å²) in [6.45, 7) is 3.10. The lowest BCUT2D eigenvalue weighted by molar-refractivity contribution is 0.331. The Morgan fingerprint density at radius 1 is 1.07 bits per heavy atom. The summed E-state index contributed by atoms with van der Waals surface area (Å²) in [5.74, 6) is 0. The average Bonchev–Trinajstić information content (AvgIpc) is 2.28. The van der Waals surface area contributed by atoms with Crippen LogP contribution in [0.1, 0.15) is 18.4 Å². The maximum Gasteiger partial charge on any atom is 0.00188 e.